The van der Waals surface area contributed by atoms with Gasteiger partial charge in [-0.25, -0.2) is 4.39 Å². The zero-order chi connectivity index (χ0) is 31.4. The van der Waals surface area contributed by atoms with Crippen molar-refractivity contribution in [3.8, 4) is 5.75 Å². The van der Waals surface area contributed by atoms with Crippen LogP contribution in [0, 0.1) is 35.4 Å². The second kappa shape index (κ2) is 11.5. The van der Waals surface area contributed by atoms with E-state index in [1.54, 1.807) is 0 Å². The van der Waals surface area contributed by atoms with Crippen LogP contribution in [0.2, 0.25) is 0 Å². The van der Waals surface area contributed by atoms with Crippen LogP contribution in [0.1, 0.15) is 54.4 Å². The average molecular weight is 601 g/mol. The molecule has 0 radical (unpaired) electrons. The van der Waals surface area contributed by atoms with Gasteiger partial charge in [0.15, 0.2) is 34.7 Å². The van der Waals surface area contributed by atoms with E-state index in [1.807, 2.05) is 0 Å². The predicted octanol–water partition coefficient (Wildman–Crippen LogP) is 0.115. The predicted molar refractivity (Wildman–Crippen MR) is 149 cm³/mol. The minimum atomic E-state index is -2.87. The van der Waals surface area contributed by atoms with Crippen LogP contribution < -0.4 is 16.4 Å². The molecule has 3 fully saturated rings. The minimum absolute atomic E-state index is 0.102. The summed E-state index contributed by atoms with van der Waals surface area (Å²) in [7, 11) is 2.96. The summed E-state index contributed by atoms with van der Waals surface area (Å²) >= 11 is 0. The largest absolute Gasteiger partial charge is 0.505 e. The number of benzene rings is 1. The molecule has 2 amide bonds. The molecule has 0 aromatic heterocycles. The molecule has 0 aliphatic heterocycles. The summed E-state index contributed by atoms with van der Waals surface area (Å²) in [4.78, 5) is 80.2. The summed E-state index contributed by atoms with van der Waals surface area (Å²) in [6.07, 6.45) is 5.25. The Labute approximate surface area is 247 Å². The molecule has 6 atom stereocenters. The van der Waals surface area contributed by atoms with Crippen molar-refractivity contribution >= 4 is 40.6 Å². The van der Waals surface area contributed by atoms with Crippen molar-refractivity contribution in [3.05, 3.63) is 23.0 Å². The average Bonchev–Trinajstić information content (AvgIpc) is 2.93. The summed E-state index contributed by atoms with van der Waals surface area (Å²) in [6.45, 7) is 0.538. The molecule has 12 nitrogen and oxygen atoms in total. The van der Waals surface area contributed by atoms with Crippen LogP contribution in [0.4, 0.5) is 10.1 Å². The van der Waals surface area contributed by atoms with Gasteiger partial charge >= 0.3 is 0 Å². The number of carbonyl (C=O) groups excluding carboxylic acids is 6. The topological polar surface area (TPSA) is 196 Å². The van der Waals surface area contributed by atoms with Gasteiger partial charge in [0, 0.05) is 17.5 Å². The number of likely N-dealkylation sites (N-methyl/N-ethyl adjacent to an activating group) is 1. The van der Waals surface area contributed by atoms with Crippen molar-refractivity contribution < 1.29 is 43.4 Å². The number of ketones is 4. The number of nitrogens with two attached hydrogens (primary N) is 1. The van der Waals surface area contributed by atoms with Crippen molar-refractivity contribution in [3.63, 3.8) is 0 Å². The SMILES string of the molecule is CN(C)[C@@H]1C(=O)C(C(N)=O)C(=O)[C@@]2(O)C(=O)C3C(=O)c4c(O)c(NC(=O)CNCC5CCCCC5)cc(F)c4C[C@H]3C[C@@H]12. The molecule has 1 aromatic rings. The molecule has 6 N–H and O–H groups in total. The van der Waals surface area contributed by atoms with Crippen LogP contribution in [0.25, 0.3) is 0 Å². The fraction of sp³-hybridized carbons (Fsp3) is 0.600. The van der Waals surface area contributed by atoms with E-state index >= 15 is 4.39 Å². The Bertz CT molecular complexity index is 1410. The van der Waals surface area contributed by atoms with Crippen molar-refractivity contribution in [2.24, 2.45) is 35.3 Å². The van der Waals surface area contributed by atoms with Gasteiger partial charge in [0.2, 0.25) is 11.8 Å². The number of phenols is 1. The smallest absolute Gasteiger partial charge is 0.238 e. The van der Waals surface area contributed by atoms with Gasteiger partial charge < -0.3 is 26.6 Å². The summed E-state index contributed by atoms with van der Waals surface area (Å²) in [5, 5.41) is 28.1. The lowest BCUT2D eigenvalue weighted by atomic mass is 9.52. The first kappa shape index (κ1) is 30.9. The van der Waals surface area contributed by atoms with E-state index in [-0.39, 0.29) is 30.6 Å². The van der Waals surface area contributed by atoms with E-state index in [1.165, 1.54) is 25.4 Å². The summed E-state index contributed by atoms with van der Waals surface area (Å²) in [6, 6.07) is -0.334. The van der Waals surface area contributed by atoms with Crippen LogP contribution in [-0.4, -0.2) is 88.9 Å². The minimum Gasteiger partial charge on any atom is -0.505 e. The third-order valence-corrected chi connectivity index (χ3v) is 9.72. The molecule has 1 aromatic carbocycles. The van der Waals surface area contributed by atoms with Crippen LogP contribution in [0.3, 0.4) is 0 Å². The van der Waals surface area contributed by atoms with Crippen molar-refractivity contribution in [2.45, 2.75) is 56.6 Å². The van der Waals surface area contributed by atoms with Crippen LogP contribution in [0.5, 0.6) is 5.75 Å². The van der Waals surface area contributed by atoms with E-state index in [2.05, 4.69) is 10.6 Å². The first-order valence-electron chi connectivity index (χ1n) is 14.7. The highest BCUT2D eigenvalue weighted by atomic mass is 19.1. The van der Waals surface area contributed by atoms with Crippen molar-refractivity contribution in [1.82, 2.24) is 10.2 Å². The molecule has 0 bridgehead atoms. The highest BCUT2D eigenvalue weighted by molar-refractivity contribution is 6.32. The van der Waals surface area contributed by atoms with E-state index in [0.29, 0.717) is 12.5 Å². The van der Waals surface area contributed by atoms with Gasteiger partial charge in [-0.3, -0.25) is 33.7 Å². The van der Waals surface area contributed by atoms with Crippen molar-refractivity contribution in [2.75, 3.05) is 32.5 Å². The Hall–Kier alpha value is -3.55. The second-order valence-corrected chi connectivity index (χ2v) is 12.6. The standard InChI is InChI=1S/C30H37FN4O8/c1-35(2)23-16-9-14-8-15-17(31)10-18(34-19(36)12-33-11-13-6-4-3-5-7-13)24(37)21(15)25(38)20(14)27(40)30(16,43)28(41)22(26(23)39)29(32)42/h10,13-14,16,20,22-23,33,37,43H,3-9,11-12H2,1-2H3,(H2,32,42)(H,34,36)/t14-,16-,20?,22?,23-,30-/m0/s1. The number of nitrogens with zero attached hydrogens (tertiary/aromatic N) is 1. The number of amides is 2. The summed E-state index contributed by atoms with van der Waals surface area (Å²) in [5.41, 5.74) is 1.41. The number of halogens is 1. The number of hydrogen-bond acceptors (Lipinski definition) is 10. The molecule has 3 saturated carbocycles. The number of aromatic hydroxyl groups is 1. The summed E-state index contributed by atoms with van der Waals surface area (Å²) < 4.78 is 15.4. The number of aliphatic hydroxyl groups is 1. The second-order valence-electron chi connectivity index (χ2n) is 12.6. The maximum absolute atomic E-state index is 15.4. The highest BCUT2D eigenvalue weighted by Crippen LogP contribution is 2.51. The van der Waals surface area contributed by atoms with E-state index in [0.717, 1.165) is 31.7 Å². The number of rotatable bonds is 7. The molecule has 4 aliphatic rings. The van der Waals surface area contributed by atoms with Crippen LogP contribution in [-0.2, 0) is 30.4 Å². The zero-order valence-corrected chi connectivity index (χ0v) is 24.2. The lowest BCUT2D eigenvalue weighted by molar-refractivity contribution is -0.181. The van der Waals surface area contributed by atoms with Crippen molar-refractivity contribution in [1.29, 1.82) is 0 Å². The number of Topliss-reactive ketones (excluding diaryl/α,β-unsaturated/α-hetero) is 4. The molecule has 0 spiro atoms. The molecule has 4 aliphatic carbocycles. The molecule has 232 valence electrons. The molecule has 2 unspecified atom stereocenters. The monoisotopic (exact) mass is 600 g/mol. The van der Waals surface area contributed by atoms with E-state index in [9.17, 15) is 39.0 Å². The first-order chi connectivity index (χ1) is 20.3. The van der Waals surface area contributed by atoms with Gasteiger partial charge in [-0.1, -0.05) is 19.3 Å². The van der Waals surface area contributed by atoms with E-state index in [4.69, 9.17) is 5.73 Å². The third kappa shape index (κ3) is 5.06. The lowest BCUT2D eigenvalue weighted by Crippen LogP contribution is -2.74. The zero-order valence-electron chi connectivity index (χ0n) is 24.2. The molecular weight excluding hydrogens is 563 g/mol. The Morgan fingerprint density at radius 1 is 1.12 bits per heavy atom. The summed E-state index contributed by atoms with van der Waals surface area (Å²) in [5.74, 6) is -13.5. The number of carbonyl (C=O) groups is 6. The fourth-order valence-corrected chi connectivity index (χ4v) is 7.70. The number of fused-ring (bicyclic) bond motifs is 3. The molecule has 13 heteroatoms. The molecule has 43 heavy (non-hydrogen) atoms. The lowest BCUT2D eigenvalue weighted by Gasteiger charge is -2.52. The highest BCUT2D eigenvalue weighted by Gasteiger charge is 2.69. The Kier molecular flexibility index (Phi) is 8.27. The van der Waals surface area contributed by atoms with Gasteiger partial charge in [0.25, 0.3) is 0 Å². The number of phenolic OH excluding ortho intramolecular Hbond substituents is 1. The van der Waals surface area contributed by atoms with Crippen LogP contribution in [0.15, 0.2) is 6.07 Å². The Morgan fingerprint density at radius 2 is 1.79 bits per heavy atom. The Balaban J connectivity index is 1.42. The van der Waals surface area contributed by atoms with E-state index < -0.39 is 87.4 Å². The first-order valence-corrected chi connectivity index (χ1v) is 14.7. The number of primary amides is 1. The third-order valence-electron chi connectivity index (χ3n) is 9.72. The fourth-order valence-electron chi connectivity index (χ4n) is 7.70. The van der Waals surface area contributed by atoms with Gasteiger partial charge in [0.1, 0.15) is 11.6 Å². The maximum atomic E-state index is 15.4. The molecule has 0 heterocycles. The Morgan fingerprint density at radius 3 is 2.42 bits per heavy atom. The maximum Gasteiger partial charge on any atom is 0.238 e. The number of anilines is 1. The normalized spacial score (nSPS) is 31.0. The van der Waals surface area contributed by atoms with Gasteiger partial charge in [-0.05, 0) is 58.2 Å². The van der Waals surface area contributed by atoms with Crippen LogP contribution >= 0.6 is 0 Å². The number of hydrogen-bond donors (Lipinski definition) is 5. The van der Waals surface area contributed by atoms with Gasteiger partial charge in [-0.15, -0.1) is 0 Å². The van der Waals surface area contributed by atoms with Gasteiger partial charge in [-0.2, -0.15) is 0 Å². The molecular formula is C30H37FN4O8. The molecule has 0 saturated heterocycles. The van der Waals surface area contributed by atoms with Gasteiger partial charge in [0.05, 0.1) is 29.8 Å². The number of nitrogens with one attached hydrogen (secondary N) is 2. The quantitative estimate of drug-likeness (QED) is 0.212. The molecule has 5 rings (SSSR count).